The first-order valence-corrected chi connectivity index (χ1v) is 4.50. The zero-order valence-corrected chi connectivity index (χ0v) is 7.91. The van der Waals surface area contributed by atoms with Crippen molar-refractivity contribution in [2.24, 2.45) is 0 Å². The van der Waals surface area contributed by atoms with E-state index in [0.717, 1.165) is 31.8 Å². The number of Topliss-reactive ketones (excluding diaryl/α,β-unsaturated/α-hetero) is 1. The number of carbonyl (C=O) groups is 2. The van der Waals surface area contributed by atoms with Crippen LogP contribution in [0.2, 0.25) is 0 Å². The molecule has 0 radical (unpaired) electrons. The summed E-state index contributed by atoms with van der Waals surface area (Å²) in [5.41, 5.74) is 0. The molecule has 0 unspecified atom stereocenters. The van der Waals surface area contributed by atoms with Crippen molar-refractivity contribution in [3.8, 4) is 0 Å². The molecule has 74 valence electrons. The lowest BCUT2D eigenvalue weighted by Crippen LogP contribution is -2.18. The van der Waals surface area contributed by atoms with Gasteiger partial charge in [-0.2, -0.15) is 0 Å². The molecule has 0 heterocycles. The molecule has 0 saturated heterocycles. The smallest absolute Gasteiger partial charge is 0.129 e. The maximum atomic E-state index is 10.5. The van der Waals surface area contributed by atoms with Crippen LogP contribution in [0.25, 0.3) is 0 Å². The number of ketones is 1. The van der Waals surface area contributed by atoms with Crippen LogP contribution in [-0.2, 0) is 9.59 Å². The molecule has 0 saturated carbocycles. The lowest BCUT2D eigenvalue weighted by atomic mass is 10.1. The molecule has 0 N–H and O–H groups in total. The van der Waals surface area contributed by atoms with Gasteiger partial charge < -0.3 is 14.7 Å². The fraction of sp³-hybridized carbons (Fsp3) is 0.600. The molecule has 0 aromatic carbocycles. The highest BCUT2D eigenvalue weighted by Gasteiger charge is 1.92. The third-order valence-corrected chi connectivity index (χ3v) is 1.65. The first kappa shape index (κ1) is 11.9. The minimum atomic E-state index is -1.15. The molecule has 0 aliphatic carbocycles. The van der Waals surface area contributed by atoms with Crippen LogP contribution < -0.4 is 5.11 Å². The van der Waals surface area contributed by atoms with Gasteiger partial charge in [0.05, 0.1) is 5.97 Å². The van der Waals surface area contributed by atoms with E-state index in [4.69, 9.17) is 0 Å². The van der Waals surface area contributed by atoms with Gasteiger partial charge in [0.1, 0.15) is 5.78 Å². The van der Waals surface area contributed by atoms with Gasteiger partial charge in [-0.25, -0.2) is 0 Å². The van der Waals surface area contributed by atoms with E-state index in [1.54, 1.807) is 13.0 Å². The highest BCUT2D eigenvalue weighted by Crippen LogP contribution is 2.03. The van der Waals surface area contributed by atoms with Crippen molar-refractivity contribution in [1.29, 1.82) is 0 Å². The predicted molar refractivity (Wildman–Crippen MR) is 47.9 cm³/mol. The Labute approximate surface area is 78.5 Å². The van der Waals surface area contributed by atoms with E-state index in [-0.39, 0.29) is 5.78 Å². The van der Waals surface area contributed by atoms with Gasteiger partial charge in [0, 0.05) is 6.42 Å². The average molecular weight is 183 g/mol. The molecule has 3 heteroatoms. The van der Waals surface area contributed by atoms with E-state index >= 15 is 0 Å². The van der Waals surface area contributed by atoms with Crippen molar-refractivity contribution < 1.29 is 14.7 Å². The van der Waals surface area contributed by atoms with Crippen LogP contribution in [0.3, 0.4) is 0 Å². The molecule has 0 aromatic heterocycles. The lowest BCUT2D eigenvalue weighted by Gasteiger charge is -1.96. The number of rotatable bonds is 7. The van der Waals surface area contributed by atoms with E-state index in [1.807, 2.05) is 0 Å². The highest BCUT2D eigenvalue weighted by atomic mass is 16.4. The predicted octanol–water partition coefficient (Wildman–Crippen LogP) is 0.832. The summed E-state index contributed by atoms with van der Waals surface area (Å²) < 4.78 is 0. The molecule has 0 aliphatic heterocycles. The summed E-state index contributed by atoms with van der Waals surface area (Å²) in [6, 6.07) is 0. The van der Waals surface area contributed by atoms with Gasteiger partial charge in [-0.3, -0.25) is 0 Å². The van der Waals surface area contributed by atoms with Crippen LogP contribution in [0.1, 0.15) is 39.0 Å². The topological polar surface area (TPSA) is 57.2 Å². The van der Waals surface area contributed by atoms with Crippen molar-refractivity contribution >= 4 is 11.8 Å². The Balaban J connectivity index is 3.17. The van der Waals surface area contributed by atoms with Gasteiger partial charge in [-0.1, -0.05) is 12.5 Å². The van der Waals surface area contributed by atoms with E-state index in [2.05, 4.69) is 0 Å². The zero-order chi connectivity index (χ0) is 10.1. The molecular weight excluding hydrogens is 168 g/mol. The van der Waals surface area contributed by atoms with Crippen LogP contribution in [0.4, 0.5) is 0 Å². The minimum absolute atomic E-state index is 0.213. The Morgan fingerprint density at radius 2 is 1.92 bits per heavy atom. The van der Waals surface area contributed by atoms with E-state index < -0.39 is 5.97 Å². The largest absolute Gasteiger partial charge is 0.545 e. The molecule has 0 spiro atoms. The van der Waals surface area contributed by atoms with Gasteiger partial charge in [0.25, 0.3) is 0 Å². The van der Waals surface area contributed by atoms with E-state index in [0.29, 0.717) is 6.42 Å². The number of carboxylic acid groups (broad SMARTS) is 1. The Bertz CT molecular complexity index is 194. The summed E-state index contributed by atoms with van der Waals surface area (Å²) in [5.74, 6) is -0.936. The number of carbonyl (C=O) groups excluding carboxylic acids is 2. The standard InChI is InChI=1S/C10H16O3/c1-9(11)7-5-3-2-4-6-8-10(12)13/h6,8H,2-5,7H2,1H3,(H,12,13)/p-1. The molecule has 0 amide bonds. The highest BCUT2D eigenvalue weighted by molar-refractivity contribution is 5.77. The number of unbranched alkanes of at least 4 members (excludes halogenated alkanes) is 3. The number of allylic oxidation sites excluding steroid dienone is 1. The normalized spacial score (nSPS) is 10.5. The molecule has 0 bridgehead atoms. The third-order valence-electron chi connectivity index (χ3n) is 1.65. The first-order chi connectivity index (χ1) is 6.13. The first-order valence-electron chi connectivity index (χ1n) is 4.50. The van der Waals surface area contributed by atoms with Gasteiger partial charge in [0.2, 0.25) is 0 Å². The lowest BCUT2D eigenvalue weighted by molar-refractivity contribution is -0.297. The molecular formula is C10H15O3-. The Morgan fingerprint density at radius 3 is 2.46 bits per heavy atom. The third kappa shape index (κ3) is 10.9. The summed E-state index contributed by atoms with van der Waals surface area (Å²) in [6.07, 6.45) is 6.80. The van der Waals surface area contributed by atoms with Crippen LogP contribution >= 0.6 is 0 Å². The molecule has 13 heavy (non-hydrogen) atoms. The van der Waals surface area contributed by atoms with Gasteiger partial charge >= 0.3 is 0 Å². The molecule has 3 nitrogen and oxygen atoms in total. The summed E-state index contributed by atoms with van der Waals surface area (Å²) in [4.78, 5) is 20.5. The fourth-order valence-electron chi connectivity index (χ4n) is 0.992. The molecule has 0 fully saturated rings. The Morgan fingerprint density at radius 1 is 1.23 bits per heavy atom. The van der Waals surface area contributed by atoms with Crippen LogP contribution in [-0.4, -0.2) is 11.8 Å². The summed E-state index contributed by atoms with van der Waals surface area (Å²) in [6.45, 7) is 1.58. The minimum Gasteiger partial charge on any atom is -0.545 e. The van der Waals surface area contributed by atoms with Crippen molar-refractivity contribution in [1.82, 2.24) is 0 Å². The molecule has 0 aliphatic rings. The summed E-state index contributed by atoms with van der Waals surface area (Å²) >= 11 is 0. The maximum absolute atomic E-state index is 10.5. The van der Waals surface area contributed by atoms with Gasteiger partial charge in [0.15, 0.2) is 0 Å². The van der Waals surface area contributed by atoms with Crippen molar-refractivity contribution in [3.05, 3.63) is 12.2 Å². The van der Waals surface area contributed by atoms with Crippen molar-refractivity contribution in [3.63, 3.8) is 0 Å². The van der Waals surface area contributed by atoms with Gasteiger partial charge in [-0.15, -0.1) is 0 Å². The molecule has 0 rings (SSSR count). The number of carboxylic acids is 1. The zero-order valence-electron chi connectivity index (χ0n) is 7.91. The van der Waals surface area contributed by atoms with Crippen LogP contribution in [0, 0.1) is 0 Å². The Hall–Kier alpha value is -1.12. The maximum Gasteiger partial charge on any atom is 0.129 e. The van der Waals surface area contributed by atoms with Crippen molar-refractivity contribution in [2.45, 2.75) is 39.0 Å². The second kappa shape index (κ2) is 7.53. The second-order valence-electron chi connectivity index (χ2n) is 3.02. The quantitative estimate of drug-likeness (QED) is 0.434. The van der Waals surface area contributed by atoms with E-state index in [9.17, 15) is 14.7 Å². The molecule has 0 aromatic rings. The summed E-state index contributed by atoms with van der Waals surface area (Å²) in [7, 11) is 0. The summed E-state index contributed by atoms with van der Waals surface area (Å²) in [5, 5.41) is 9.93. The second-order valence-corrected chi connectivity index (χ2v) is 3.02. The molecule has 0 atom stereocenters. The van der Waals surface area contributed by atoms with Gasteiger partial charge in [-0.05, 0) is 32.3 Å². The van der Waals surface area contributed by atoms with Crippen LogP contribution in [0.15, 0.2) is 12.2 Å². The SMILES string of the molecule is CC(=O)CCCCCC=CC(=O)[O-]. The number of hydrogen-bond donors (Lipinski definition) is 0. The van der Waals surface area contributed by atoms with Crippen molar-refractivity contribution in [2.75, 3.05) is 0 Å². The van der Waals surface area contributed by atoms with E-state index in [1.165, 1.54) is 0 Å². The van der Waals surface area contributed by atoms with Crippen LogP contribution in [0.5, 0.6) is 0 Å². The monoisotopic (exact) mass is 183 g/mol. The fourth-order valence-corrected chi connectivity index (χ4v) is 0.992. The Kier molecular flexibility index (Phi) is 6.88. The average Bonchev–Trinajstić information content (AvgIpc) is 2.01. The number of aliphatic carboxylic acids is 1. The number of hydrogen-bond acceptors (Lipinski definition) is 3.